The first-order valence-electron chi connectivity index (χ1n) is 6.06. The van der Waals surface area contributed by atoms with Crippen LogP contribution in [0.3, 0.4) is 0 Å². The van der Waals surface area contributed by atoms with Gasteiger partial charge in [0.1, 0.15) is 0 Å². The maximum absolute atomic E-state index is 5.45. The highest BCUT2D eigenvalue weighted by atomic mass is 32.1. The van der Waals surface area contributed by atoms with Crippen LogP contribution in [-0.2, 0) is 4.74 Å². The van der Waals surface area contributed by atoms with Crippen LogP contribution >= 0.6 is 12.6 Å². The average Bonchev–Trinajstić information content (AvgIpc) is 2.27. The standard InChI is InChI=1S/C12H25NOS/c1-4-13(11(2)3)9-12(10-15)5-7-14-8-6-12/h11,15H,4-10H2,1-3H3. The van der Waals surface area contributed by atoms with Crippen molar-refractivity contribution in [3.63, 3.8) is 0 Å². The number of hydrogen-bond donors (Lipinski definition) is 1. The molecule has 1 aliphatic heterocycles. The molecule has 0 unspecified atom stereocenters. The van der Waals surface area contributed by atoms with E-state index in [1.165, 1.54) is 19.4 Å². The minimum Gasteiger partial charge on any atom is -0.381 e. The van der Waals surface area contributed by atoms with Gasteiger partial charge in [0.25, 0.3) is 0 Å². The van der Waals surface area contributed by atoms with E-state index in [0.29, 0.717) is 11.5 Å². The van der Waals surface area contributed by atoms with Gasteiger partial charge in [0, 0.05) is 25.8 Å². The Bertz CT molecular complexity index is 178. The maximum atomic E-state index is 5.45. The van der Waals surface area contributed by atoms with Crippen molar-refractivity contribution >= 4 is 12.6 Å². The van der Waals surface area contributed by atoms with Crippen LogP contribution in [0.1, 0.15) is 33.6 Å². The number of thiol groups is 1. The third kappa shape index (κ3) is 3.65. The third-order valence-corrected chi connectivity index (χ3v) is 4.23. The van der Waals surface area contributed by atoms with Gasteiger partial charge in [0.2, 0.25) is 0 Å². The SMILES string of the molecule is CCN(CC1(CS)CCOCC1)C(C)C. The van der Waals surface area contributed by atoms with Crippen molar-refractivity contribution in [2.75, 3.05) is 32.1 Å². The molecule has 1 heterocycles. The lowest BCUT2D eigenvalue weighted by Gasteiger charge is -2.41. The summed E-state index contributed by atoms with van der Waals surface area (Å²) in [5.74, 6) is 0.986. The number of nitrogens with zero attached hydrogens (tertiary/aromatic N) is 1. The van der Waals surface area contributed by atoms with Gasteiger partial charge in [0.15, 0.2) is 0 Å². The van der Waals surface area contributed by atoms with Crippen LogP contribution in [-0.4, -0.2) is 43.0 Å². The highest BCUT2D eigenvalue weighted by molar-refractivity contribution is 7.80. The topological polar surface area (TPSA) is 12.5 Å². The van der Waals surface area contributed by atoms with Gasteiger partial charge < -0.3 is 9.64 Å². The maximum Gasteiger partial charge on any atom is 0.0472 e. The lowest BCUT2D eigenvalue weighted by Crippen LogP contribution is -2.45. The van der Waals surface area contributed by atoms with Crippen LogP contribution in [0.5, 0.6) is 0 Å². The predicted molar refractivity (Wildman–Crippen MR) is 68.7 cm³/mol. The Morgan fingerprint density at radius 3 is 2.33 bits per heavy atom. The Kier molecular flexibility index (Phi) is 5.44. The first-order chi connectivity index (χ1) is 7.13. The van der Waals surface area contributed by atoms with Gasteiger partial charge in [-0.25, -0.2) is 0 Å². The molecule has 0 saturated carbocycles. The Morgan fingerprint density at radius 2 is 1.93 bits per heavy atom. The number of hydrogen-bond acceptors (Lipinski definition) is 3. The number of ether oxygens (including phenoxy) is 1. The quantitative estimate of drug-likeness (QED) is 0.730. The smallest absolute Gasteiger partial charge is 0.0472 e. The summed E-state index contributed by atoms with van der Waals surface area (Å²) in [6.45, 7) is 10.9. The predicted octanol–water partition coefficient (Wildman–Crippen LogP) is 2.44. The van der Waals surface area contributed by atoms with Crippen molar-refractivity contribution in [2.45, 2.75) is 39.7 Å². The minimum absolute atomic E-state index is 0.391. The van der Waals surface area contributed by atoms with Crippen molar-refractivity contribution < 1.29 is 4.74 Å². The lowest BCUT2D eigenvalue weighted by molar-refractivity contribution is 0.00358. The summed E-state index contributed by atoms with van der Waals surface area (Å²) in [6, 6.07) is 0.634. The molecule has 1 fully saturated rings. The zero-order valence-corrected chi connectivity index (χ0v) is 11.2. The van der Waals surface area contributed by atoms with E-state index in [4.69, 9.17) is 4.74 Å². The molecule has 0 atom stereocenters. The molecule has 0 aromatic carbocycles. The van der Waals surface area contributed by atoms with Gasteiger partial charge in [-0.15, -0.1) is 0 Å². The largest absolute Gasteiger partial charge is 0.381 e. The van der Waals surface area contributed by atoms with Crippen LogP contribution in [0.15, 0.2) is 0 Å². The van der Waals surface area contributed by atoms with E-state index >= 15 is 0 Å². The zero-order valence-electron chi connectivity index (χ0n) is 10.3. The summed E-state index contributed by atoms with van der Waals surface area (Å²) in [4.78, 5) is 2.54. The van der Waals surface area contributed by atoms with Crippen LogP contribution in [0.25, 0.3) is 0 Å². The fourth-order valence-electron chi connectivity index (χ4n) is 2.26. The molecule has 3 heteroatoms. The van der Waals surface area contributed by atoms with E-state index < -0.39 is 0 Å². The average molecular weight is 231 g/mol. The molecule has 2 nitrogen and oxygen atoms in total. The molecule has 0 aromatic rings. The van der Waals surface area contributed by atoms with Crippen molar-refractivity contribution in [3.8, 4) is 0 Å². The summed E-state index contributed by atoms with van der Waals surface area (Å²) in [6.07, 6.45) is 2.33. The first kappa shape index (κ1) is 13.3. The van der Waals surface area contributed by atoms with Gasteiger partial charge in [0.05, 0.1) is 0 Å². The van der Waals surface area contributed by atoms with E-state index in [9.17, 15) is 0 Å². The third-order valence-electron chi connectivity index (χ3n) is 3.56. The van der Waals surface area contributed by atoms with E-state index in [1.54, 1.807) is 0 Å². The van der Waals surface area contributed by atoms with Gasteiger partial charge in [-0.2, -0.15) is 12.6 Å². The molecule has 0 bridgehead atoms. The van der Waals surface area contributed by atoms with Crippen molar-refractivity contribution in [2.24, 2.45) is 5.41 Å². The van der Waals surface area contributed by atoms with Crippen molar-refractivity contribution in [3.05, 3.63) is 0 Å². The zero-order chi connectivity index (χ0) is 11.3. The summed E-state index contributed by atoms with van der Waals surface area (Å²) < 4.78 is 5.45. The highest BCUT2D eigenvalue weighted by Crippen LogP contribution is 2.33. The number of rotatable bonds is 5. The summed E-state index contributed by atoms with van der Waals surface area (Å²) in [7, 11) is 0. The fraction of sp³-hybridized carbons (Fsp3) is 1.00. The molecular formula is C12H25NOS. The first-order valence-corrected chi connectivity index (χ1v) is 6.69. The minimum atomic E-state index is 0.391. The molecule has 0 aliphatic carbocycles. The van der Waals surface area contributed by atoms with Crippen molar-refractivity contribution in [1.82, 2.24) is 4.90 Å². The highest BCUT2D eigenvalue weighted by Gasteiger charge is 2.33. The normalized spacial score (nSPS) is 21.2. The molecule has 0 N–H and O–H groups in total. The molecule has 90 valence electrons. The molecule has 15 heavy (non-hydrogen) atoms. The fourth-order valence-corrected chi connectivity index (χ4v) is 2.68. The van der Waals surface area contributed by atoms with Gasteiger partial charge >= 0.3 is 0 Å². The molecule has 1 aliphatic rings. The Balaban J connectivity index is 2.57. The lowest BCUT2D eigenvalue weighted by atomic mass is 9.81. The Morgan fingerprint density at radius 1 is 1.33 bits per heavy atom. The van der Waals surface area contributed by atoms with E-state index in [1.807, 2.05) is 0 Å². The second-order valence-corrected chi connectivity index (χ2v) is 5.24. The van der Waals surface area contributed by atoms with Crippen LogP contribution < -0.4 is 0 Å². The van der Waals surface area contributed by atoms with Gasteiger partial charge in [-0.1, -0.05) is 6.92 Å². The van der Waals surface area contributed by atoms with Gasteiger partial charge in [-0.05, 0) is 44.4 Å². The molecule has 1 rings (SSSR count). The molecule has 0 amide bonds. The Labute approximate surface area is 99.8 Å². The molecule has 1 saturated heterocycles. The monoisotopic (exact) mass is 231 g/mol. The van der Waals surface area contributed by atoms with Crippen molar-refractivity contribution in [1.29, 1.82) is 0 Å². The van der Waals surface area contributed by atoms with E-state index in [2.05, 4.69) is 38.3 Å². The molecule has 0 spiro atoms. The van der Waals surface area contributed by atoms with E-state index in [0.717, 1.165) is 25.5 Å². The molecule has 0 radical (unpaired) electrons. The summed E-state index contributed by atoms with van der Waals surface area (Å²) >= 11 is 4.55. The second kappa shape index (κ2) is 6.12. The molecule has 0 aromatic heterocycles. The van der Waals surface area contributed by atoms with Crippen LogP contribution in [0, 0.1) is 5.41 Å². The van der Waals surface area contributed by atoms with Crippen LogP contribution in [0.2, 0.25) is 0 Å². The Hall–Kier alpha value is 0.270. The summed E-state index contributed by atoms with van der Waals surface area (Å²) in [5.41, 5.74) is 0.391. The summed E-state index contributed by atoms with van der Waals surface area (Å²) in [5, 5.41) is 0. The van der Waals surface area contributed by atoms with Crippen LogP contribution in [0.4, 0.5) is 0 Å². The van der Waals surface area contributed by atoms with Gasteiger partial charge in [-0.3, -0.25) is 0 Å². The molecular weight excluding hydrogens is 206 g/mol. The van der Waals surface area contributed by atoms with E-state index in [-0.39, 0.29) is 0 Å². The second-order valence-electron chi connectivity index (χ2n) is 4.93.